The van der Waals surface area contributed by atoms with Crippen LogP contribution in [0.2, 0.25) is 0 Å². The number of carbonyl (C=O) groups is 2. The number of aliphatic imine (C=N–C) groups is 1. The van der Waals surface area contributed by atoms with E-state index in [4.69, 9.17) is 5.73 Å². The van der Waals surface area contributed by atoms with Crippen molar-refractivity contribution < 1.29 is 9.59 Å². The van der Waals surface area contributed by atoms with Gasteiger partial charge in [-0.15, -0.1) is 0 Å². The maximum Gasteiger partial charge on any atom is 0.321 e. The van der Waals surface area contributed by atoms with E-state index in [2.05, 4.69) is 38.0 Å². The van der Waals surface area contributed by atoms with Gasteiger partial charge in [0.1, 0.15) is 0 Å². The Bertz CT molecular complexity index is 1490. The minimum atomic E-state index is -0.430. The molecule has 3 amide bonds. The van der Waals surface area contributed by atoms with Gasteiger partial charge < -0.3 is 21.3 Å². The minimum absolute atomic E-state index is 0.00954. The van der Waals surface area contributed by atoms with Crippen molar-refractivity contribution in [2.75, 3.05) is 19.4 Å². The highest BCUT2D eigenvalue weighted by molar-refractivity contribution is 5.96. The first-order valence-electron chi connectivity index (χ1n) is 13.9. The van der Waals surface area contributed by atoms with Crippen LogP contribution in [-0.4, -0.2) is 36.9 Å². The number of anilines is 1. The number of nitrogens with two attached hydrogens (primary N) is 1. The van der Waals surface area contributed by atoms with Crippen molar-refractivity contribution in [3.05, 3.63) is 137 Å². The molecular weight excluding hydrogens is 524 g/mol. The second kappa shape index (κ2) is 15.2. The highest BCUT2D eigenvalue weighted by atomic mass is 16.2. The molecule has 0 aliphatic carbocycles. The van der Waals surface area contributed by atoms with Crippen LogP contribution in [0.15, 0.2) is 114 Å². The Morgan fingerprint density at radius 1 is 0.786 bits per heavy atom. The van der Waals surface area contributed by atoms with Gasteiger partial charge in [0, 0.05) is 18.8 Å². The van der Waals surface area contributed by atoms with Gasteiger partial charge in [0.25, 0.3) is 0 Å². The molecule has 0 aromatic heterocycles. The monoisotopic (exact) mass is 562 g/mol. The number of nitrogens with one attached hydrogen (secondary N) is 3. The van der Waals surface area contributed by atoms with E-state index in [9.17, 15) is 9.59 Å². The summed E-state index contributed by atoms with van der Waals surface area (Å²) >= 11 is 0. The zero-order valence-corrected chi connectivity index (χ0v) is 24.1. The van der Waals surface area contributed by atoms with E-state index in [1.165, 1.54) is 5.56 Å². The molecule has 0 saturated carbocycles. The summed E-state index contributed by atoms with van der Waals surface area (Å²) in [5.41, 5.74) is 11.7. The molecule has 1 atom stereocenters. The van der Waals surface area contributed by atoms with Gasteiger partial charge in [-0.2, -0.15) is 0 Å². The molecule has 8 heteroatoms. The number of amides is 3. The number of hydrogen-bond donors (Lipinski definition) is 4. The van der Waals surface area contributed by atoms with E-state index in [0.29, 0.717) is 18.7 Å². The zero-order chi connectivity index (χ0) is 29.7. The lowest BCUT2D eigenvalue weighted by Gasteiger charge is -2.18. The largest absolute Gasteiger partial charge is 0.370 e. The van der Waals surface area contributed by atoms with Crippen LogP contribution < -0.4 is 21.7 Å². The molecule has 1 unspecified atom stereocenters. The number of guanidine groups is 1. The maximum atomic E-state index is 13.4. The summed E-state index contributed by atoms with van der Waals surface area (Å²) in [6, 6.07) is 34.9. The van der Waals surface area contributed by atoms with Gasteiger partial charge >= 0.3 is 6.03 Å². The molecule has 0 aliphatic rings. The highest BCUT2D eigenvalue weighted by Gasteiger charge is 2.21. The predicted octanol–water partition coefficient (Wildman–Crippen LogP) is 5.03. The van der Waals surface area contributed by atoms with Crippen molar-refractivity contribution in [1.29, 1.82) is 0 Å². The average molecular weight is 563 g/mol. The Labute approximate surface area is 247 Å². The van der Waals surface area contributed by atoms with E-state index in [1.807, 2.05) is 111 Å². The van der Waals surface area contributed by atoms with Crippen molar-refractivity contribution >= 4 is 23.6 Å². The van der Waals surface area contributed by atoms with Gasteiger partial charge in [-0.05, 0) is 60.5 Å². The van der Waals surface area contributed by atoms with Crippen molar-refractivity contribution in [2.45, 2.75) is 32.0 Å². The van der Waals surface area contributed by atoms with Crippen molar-refractivity contribution in [2.24, 2.45) is 10.7 Å². The zero-order valence-electron chi connectivity index (χ0n) is 24.1. The van der Waals surface area contributed by atoms with Crippen LogP contribution in [0.3, 0.4) is 0 Å². The molecule has 0 bridgehead atoms. The first kappa shape index (κ1) is 30.0. The lowest BCUT2D eigenvalue weighted by Crippen LogP contribution is -2.43. The predicted molar refractivity (Wildman–Crippen MR) is 169 cm³/mol. The fraction of sp³-hybridized carbons (Fsp3) is 0.206. The van der Waals surface area contributed by atoms with E-state index in [0.717, 1.165) is 28.8 Å². The Balaban J connectivity index is 1.32. The van der Waals surface area contributed by atoms with Crippen molar-refractivity contribution in [3.8, 4) is 0 Å². The first-order valence-corrected chi connectivity index (χ1v) is 13.9. The Kier molecular flexibility index (Phi) is 10.8. The summed E-state index contributed by atoms with van der Waals surface area (Å²) in [5.74, 6) is -0.421. The molecule has 0 spiro atoms. The molecule has 4 aromatic carbocycles. The summed E-state index contributed by atoms with van der Waals surface area (Å²) in [6.07, 6.45) is 0.590. The molecule has 0 radical (unpaired) electrons. The van der Waals surface area contributed by atoms with Gasteiger partial charge in [0.05, 0.1) is 12.5 Å². The van der Waals surface area contributed by atoms with Gasteiger partial charge in [-0.25, -0.2) is 9.79 Å². The molecule has 0 saturated heterocycles. The second-order valence-electron chi connectivity index (χ2n) is 10.4. The summed E-state index contributed by atoms with van der Waals surface area (Å²) in [7, 11) is 4.03. The molecular formula is C34H38N6O2. The van der Waals surface area contributed by atoms with Gasteiger partial charge in [-0.1, -0.05) is 97.1 Å². The number of rotatable bonds is 11. The lowest BCUT2D eigenvalue weighted by atomic mass is 9.91. The highest BCUT2D eigenvalue weighted by Crippen LogP contribution is 2.23. The summed E-state index contributed by atoms with van der Waals surface area (Å²) in [5, 5.41) is 8.45. The van der Waals surface area contributed by atoms with E-state index in [1.54, 1.807) is 0 Å². The van der Waals surface area contributed by atoms with Gasteiger partial charge in [0.15, 0.2) is 5.96 Å². The molecule has 0 heterocycles. The Hall–Kier alpha value is -4.95. The number of hydrogen-bond acceptors (Lipinski definition) is 4. The van der Waals surface area contributed by atoms with Crippen LogP contribution in [0.1, 0.15) is 33.7 Å². The van der Waals surface area contributed by atoms with Crippen LogP contribution in [0, 0.1) is 0 Å². The van der Waals surface area contributed by atoms with E-state index in [-0.39, 0.29) is 24.3 Å². The fourth-order valence-corrected chi connectivity index (χ4v) is 4.64. The smallest absolute Gasteiger partial charge is 0.321 e. The van der Waals surface area contributed by atoms with Crippen LogP contribution in [-0.2, 0) is 30.8 Å². The third-order valence-electron chi connectivity index (χ3n) is 6.61. The van der Waals surface area contributed by atoms with E-state index >= 15 is 0 Å². The maximum absolute atomic E-state index is 13.4. The molecule has 5 N–H and O–H groups in total. The minimum Gasteiger partial charge on any atom is -0.370 e. The number of carbonyl (C=O) groups excluding carboxylic acids is 2. The molecule has 0 aliphatic heterocycles. The van der Waals surface area contributed by atoms with Crippen molar-refractivity contribution in [3.63, 3.8) is 0 Å². The number of nitrogens with zero attached hydrogens (tertiary/aromatic N) is 2. The molecule has 42 heavy (non-hydrogen) atoms. The first-order chi connectivity index (χ1) is 20.4. The van der Waals surface area contributed by atoms with Crippen LogP contribution in [0.5, 0.6) is 0 Å². The Morgan fingerprint density at radius 2 is 1.43 bits per heavy atom. The molecule has 4 rings (SSSR count). The fourth-order valence-electron chi connectivity index (χ4n) is 4.64. The van der Waals surface area contributed by atoms with E-state index < -0.39 is 6.03 Å². The standard InChI is InChI=1S/C34H38N6O2/c1-40(2)24-28-15-9-13-26(19-28)23-37-34(42)39-33(35)36-22-27-14-10-18-30(20-27)38-32(41)31(29-16-7-4-8-17-29)21-25-11-5-3-6-12-25/h3-20,31H,21-24H2,1-2H3,(H,38,41)(H4,35,36,37,39,42). The summed E-state index contributed by atoms with van der Waals surface area (Å²) in [6.45, 7) is 1.44. The van der Waals surface area contributed by atoms with Gasteiger partial charge in [-0.3, -0.25) is 10.1 Å². The molecule has 8 nitrogen and oxygen atoms in total. The Morgan fingerprint density at radius 3 is 2.17 bits per heavy atom. The quantitative estimate of drug-likeness (QED) is 0.152. The van der Waals surface area contributed by atoms with Crippen molar-refractivity contribution in [1.82, 2.24) is 15.5 Å². The summed E-state index contributed by atoms with van der Waals surface area (Å²) < 4.78 is 0. The third-order valence-corrected chi connectivity index (χ3v) is 6.61. The average Bonchev–Trinajstić information content (AvgIpc) is 2.99. The number of benzene rings is 4. The van der Waals surface area contributed by atoms with Gasteiger partial charge in [0.2, 0.25) is 5.91 Å². The van der Waals surface area contributed by atoms with Crippen LogP contribution in [0.4, 0.5) is 10.5 Å². The third kappa shape index (κ3) is 9.60. The second-order valence-corrected chi connectivity index (χ2v) is 10.4. The van der Waals surface area contributed by atoms with Crippen LogP contribution in [0.25, 0.3) is 0 Å². The summed E-state index contributed by atoms with van der Waals surface area (Å²) in [4.78, 5) is 32.2. The molecule has 4 aromatic rings. The normalized spacial score (nSPS) is 12.0. The lowest BCUT2D eigenvalue weighted by molar-refractivity contribution is -0.117. The SMILES string of the molecule is CN(C)Cc1cccc(CNC(=O)NC(N)=NCc2cccc(NC(=O)C(Cc3ccccc3)c3ccccc3)c2)c1. The molecule has 216 valence electrons. The molecule has 0 fully saturated rings. The van der Waals surface area contributed by atoms with Crippen LogP contribution >= 0.6 is 0 Å². The topological polar surface area (TPSA) is 112 Å². The number of urea groups is 1.